The van der Waals surface area contributed by atoms with Crippen molar-refractivity contribution in [3.63, 3.8) is 0 Å². The summed E-state index contributed by atoms with van der Waals surface area (Å²) in [7, 11) is 1.72. The first-order valence-corrected chi connectivity index (χ1v) is 9.34. The molecule has 0 aliphatic rings. The fourth-order valence-electron chi connectivity index (χ4n) is 2.96. The van der Waals surface area contributed by atoms with E-state index in [1.807, 2.05) is 37.4 Å². The molecule has 0 saturated heterocycles. The summed E-state index contributed by atoms with van der Waals surface area (Å²) in [6.07, 6.45) is 3.77. The van der Waals surface area contributed by atoms with E-state index in [1.54, 1.807) is 32.3 Å². The lowest BCUT2D eigenvalue weighted by Crippen LogP contribution is -2.38. The Hall–Kier alpha value is -3.15. The predicted octanol–water partition coefficient (Wildman–Crippen LogP) is 3.81. The molecule has 1 heterocycles. The SMILES string of the molecule is CN=C(NCc1nccn1Cc1ccccc1)NC(C)c1ccc(C)c(F)c1. The number of hydrogen-bond donors (Lipinski definition) is 2. The largest absolute Gasteiger partial charge is 0.350 e. The van der Waals surface area contributed by atoms with Crippen molar-refractivity contribution in [1.82, 2.24) is 20.2 Å². The van der Waals surface area contributed by atoms with Crippen molar-refractivity contribution in [2.24, 2.45) is 4.99 Å². The number of halogens is 1. The monoisotopic (exact) mass is 379 g/mol. The number of nitrogens with zero attached hydrogens (tertiary/aromatic N) is 3. The lowest BCUT2D eigenvalue weighted by Gasteiger charge is -2.19. The van der Waals surface area contributed by atoms with Crippen molar-refractivity contribution in [1.29, 1.82) is 0 Å². The van der Waals surface area contributed by atoms with E-state index >= 15 is 0 Å². The van der Waals surface area contributed by atoms with Gasteiger partial charge in [-0.05, 0) is 36.6 Å². The van der Waals surface area contributed by atoms with Gasteiger partial charge in [-0.25, -0.2) is 9.37 Å². The van der Waals surface area contributed by atoms with Gasteiger partial charge in [0.05, 0.1) is 12.6 Å². The highest BCUT2D eigenvalue weighted by Gasteiger charge is 2.11. The van der Waals surface area contributed by atoms with Crippen LogP contribution in [0.4, 0.5) is 4.39 Å². The number of rotatable bonds is 6. The highest BCUT2D eigenvalue weighted by atomic mass is 19.1. The number of aromatic nitrogens is 2. The van der Waals surface area contributed by atoms with Gasteiger partial charge in [-0.3, -0.25) is 4.99 Å². The fourth-order valence-corrected chi connectivity index (χ4v) is 2.96. The number of guanidine groups is 1. The van der Waals surface area contributed by atoms with E-state index < -0.39 is 0 Å². The third-order valence-corrected chi connectivity index (χ3v) is 4.68. The van der Waals surface area contributed by atoms with Crippen molar-refractivity contribution in [3.8, 4) is 0 Å². The van der Waals surface area contributed by atoms with Crippen LogP contribution in [0, 0.1) is 12.7 Å². The third-order valence-electron chi connectivity index (χ3n) is 4.68. The van der Waals surface area contributed by atoms with Gasteiger partial charge in [-0.15, -0.1) is 0 Å². The topological polar surface area (TPSA) is 54.2 Å². The number of imidazole rings is 1. The molecule has 28 heavy (non-hydrogen) atoms. The van der Waals surface area contributed by atoms with Gasteiger partial charge in [0, 0.05) is 26.0 Å². The fraction of sp³-hybridized carbons (Fsp3) is 0.273. The predicted molar refractivity (Wildman–Crippen MR) is 111 cm³/mol. The highest BCUT2D eigenvalue weighted by molar-refractivity contribution is 5.80. The number of hydrogen-bond acceptors (Lipinski definition) is 2. The molecule has 0 bridgehead atoms. The van der Waals surface area contributed by atoms with Crippen molar-refractivity contribution >= 4 is 5.96 Å². The quantitative estimate of drug-likeness (QED) is 0.506. The summed E-state index contributed by atoms with van der Waals surface area (Å²) in [5.41, 5.74) is 2.74. The van der Waals surface area contributed by atoms with Crippen LogP contribution in [0.2, 0.25) is 0 Å². The summed E-state index contributed by atoms with van der Waals surface area (Å²) in [6, 6.07) is 15.5. The first-order valence-electron chi connectivity index (χ1n) is 9.34. The van der Waals surface area contributed by atoms with Gasteiger partial charge in [-0.1, -0.05) is 42.5 Å². The summed E-state index contributed by atoms with van der Waals surface area (Å²) in [5.74, 6) is 1.36. The summed E-state index contributed by atoms with van der Waals surface area (Å²) in [5, 5.41) is 6.58. The average Bonchev–Trinajstić information content (AvgIpc) is 3.14. The molecule has 0 aliphatic carbocycles. The van der Waals surface area contributed by atoms with Crippen LogP contribution in [0.15, 0.2) is 65.9 Å². The minimum absolute atomic E-state index is 0.0784. The minimum atomic E-state index is -0.197. The smallest absolute Gasteiger partial charge is 0.191 e. The second-order valence-corrected chi connectivity index (χ2v) is 6.76. The molecule has 3 rings (SSSR count). The third kappa shape index (κ3) is 4.97. The van der Waals surface area contributed by atoms with Gasteiger partial charge >= 0.3 is 0 Å². The Bertz CT molecular complexity index is 933. The van der Waals surface area contributed by atoms with E-state index in [9.17, 15) is 4.39 Å². The van der Waals surface area contributed by atoms with Gasteiger partial charge in [-0.2, -0.15) is 0 Å². The van der Waals surface area contributed by atoms with E-state index in [4.69, 9.17) is 0 Å². The van der Waals surface area contributed by atoms with Gasteiger partial charge in [0.25, 0.3) is 0 Å². The molecule has 2 aromatic carbocycles. The Balaban J connectivity index is 1.60. The van der Waals surface area contributed by atoms with Crippen LogP contribution in [-0.2, 0) is 13.1 Å². The molecule has 0 spiro atoms. The molecular weight excluding hydrogens is 353 g/mol. The summed E-state index contributed by atoms with van der Waals surface area (Å²) in [6.45, 7) is 5.04. The molecule has 1 unspecified atom stereocenters. The molecule has 5 nitrogen and oxygen atoms in total. The molecule has 146 valence electrons. The van der Waals surface area contributed by atoms with Crippen molar-refractivity contribution in [2.75, 3.05) is 7.05 Å². The molecule has 0 amide bonds. The van der Waals surface area contributed by atoms with Gasteiger partial charge < -0.3 is 15.2 Å². The summed E-state index contributed by atoms with van der Waals surface area (Å²) in [4.78, 5) is 8.72. The van der Waals surface area contributed by atoms with Crippen molar-refractivity contribution in [2.45, 2.75) is 33.0 Å². The maximum Gasteiger partial charge on any atom is 0.191 e. The van der Waals surface area contributed by atoms with E-state index in [2.05, 4.69) is 37.3 Å². The Morgan fingerprint density at radius 3 is 2.71 bits per heavy atom. The highest BCUT2D eigenvalue weighted by Crippen LogP contribution is 2.16. The molecule has 1 atom stereocenters. The van der Waals surface area contributed by atoms with Crippen LogP contribution in [0.25, 0.3) is 0 Å². The molecule has 3 aromatic rings. The normalized spacial score (nSPS) is 12.6. The van der Waals surface area contributed by atoms with Gasteiger partial charge in [0.15, 0.2) is 5.96 Å². The maximum absolute atomic E-state index is 13.8. The molecule has 0 radical (unpaired) electrons. The van der Waals surface area contributed by atoms with Crippen molar-refractivity contribution < 1.29 is 4.39 Å². The Labute approximate surface area is 165 Å². The number of aryl methyl sites for hydroxylation is 1. The lowest BCUT2D eigenvalue weighted by atomic mass is 10.1. The van der Waals surface area contributed by atoms with Crippen LogP contribution < -0.4 is 10.6 Å². The molecular formula is C22H26FN5. The molecule has 0 aliphatic heterocycles. The van der Waals surface area contributed by atoms with E-state index in [-0.39, 0.29) is 11.9 Å². The number of nitrogens with one attached hydrogen (secondary N) is 2. The first kappa shape index (κ1) is 19.6. The number of benzene rings is 2. The first-order chi connectivity index (χ1) is 13.6. The zero-order chi connectivity index (χ0) is 19.9. The van der Waals surface area contributed by atoms with Crippen LogP contribution >= 0.6 is 0 Å². The summed E-state index contributed by atoms with van der Waals surface area (Å²) >= 11 is 0. The zero-order valence-corrected chi connectivity index (χ0v) is 16.5. The van der Waals surface area contributed by atoms with Crippen LogP contribution in [0.3, 0.4) is 0 Å². The molecule has 6 heteroatoms. The van der Waals surface area contributed by atoms with Gasteiger partial charge in [0.1, 0.15) is 11.6 Å². The van der Waals surface area contributed by atoms with E-state index in [1.165, 1.54) is 5.56 Å². The lowest BCUT2D eigenvalue weighted by molar-refractivity contribution is 0.606. The Morgan fingerprint density at radius 1 is 1.21 bits per heavy atom. The minimum Gasteiger partial charge on any atom is -0.350 e. The molecule has 2 N–H and O–H groups in total. The van der Waals surface area contributed by atoms with Crippen LogP contribution in [0.5, 0.6) is 0 Å². The van der Waals surface area contributed by atoms with Crippen LogP contribution in [-0.4, -0.2) is 22.6 Å². The molecule has 1 aromatic heterocycles. The second kappa shape index (κ2) is 9.17. The zero-order valence-electron chi connectivity index (χ0n) is 16.5. The van der Waals surface area contributed by atoms with Crippen LogP contribution in [0.1, 0.15) is 35.5 Å². The second-order valence-electron chi connectivity index (χ2n) is 6.76. The molecule has 0 fully saturated rings. The maximum atomic E-state index is 13.8. The van der Waals surface area contributed by atoms with E-state index in [0.29, 0.717) is 18.1 Å². The summed E-state index contributed by atoms with van der Waals surface area (Å²) < 4.78 is 15.9. The average molecular weight is 379 g/mol. The van der Waals surface area contributed by atoms with E-state index in [0.717, 1.165) is 17.9 Å². The molecule has 0 saturated carbocycles. The Kier molecular flexibility index (Phi) is 6.42. The Morgan fingerprint density at radius 2 is 2.00 bits per heavy atom. The number of aliphatic imine (C=N–C) groups is 1. The van der Waals surface area contributed by atoms with Gasteiger partial charge in [0.2, 0.25) is 0 Å². The standard InChI is InChI=1S/C22H26FN5/c1-16-9-10-19(13-20(16)23)17(2)27-22(24-3)26-14-21-25-11-12-28(21)15-18-7-5-4-6-8-18/h4-13,17H,14-15H2,1-3H3,(H2,24,26,27). The van der Waals surface area contributed by atoms with Crippen molar-refractivity contribution in [3.05, 3.63) is 89.3 Å².